The van der Waals surface area contributed by atoms with Crippen molar-refractivity contribution in [3.63, 3.8) is 0 Å². The van der Waals surface area contributed by atoms with E-state index in [9.17, 15) is 9.18 Å². The normalized spacial score (nSPS) is 11.1. The molecule has 0 unspecified atom stereocenters. The zero-order valence-electron chi connectivity index (χ0n) is 20.0. The summed E-state index contributed by atoms with van der Waals surface area (Å²) in [5, 5.41) is 3.79. The first-order valence-electron chi connectivity index (χ1n) is 11.5. The van der Waals surface area contributed by atoms with Crippen LogP contribution in [0, 0.1) is 5.82 Å². The minimum Gasteiger partial charge on any atom is -0.492 e. The van der Waals surface area contributed by atoms with Gasteiger partial charge in [0.05, 0.1) is 0 Å². The number of nitrogens with one attached hydrogen (secondary N) is 1. The maximum absolute atomic E-state index is 13.1. The summed E-state index contributed by atoms with van der Waals surface area (Å²) in [5.41, 5.74) is 0.884. The zero-order chi connectivity index (χ0) is 24.8. The van der Waals surface area contributed by atoms with E-state index in [0.717, 1.165) is 31.1 Å². The number of hydrogen-bond donors (Lipinski definition) is 1. The highest BCUT2D eigenvalue weighted by atomic mass is 19.1. The van der Waals surface area contributed by atoms with Gasteiger partial charge < -0.3 is 19.7 Å². The minimum absolute atomic E-state index is 0.104. The van der Waals surface area contributed by atoms with E-state index in [1.165, 1.54) is 28.8 Å². The Morgan fingerprint density at radius 3 is 2.40 bits per heavy atom. The molecule has 0 fully saturated rings. The number of likely N-dealkylation sites (N-methyl/N-ethyl adjacent to an activating group) is 1. The Morgan fingerprint density at radius 2 is 1.71 bits per heavy atom. The molecule has 0 atom stereocenters. The lowest BCUT2D eigenvalue weighted by Gasteiger charge is -2.18. The summed E-state index contributed by atoms with van der Waals surface area (Å²) in [5.74, 6) is 1.23. The second kappa shape index (κ2) is 11.0. The van der Waals surface area contributed by atoms with Crippen molar-refractivity contribution in [3.05, 3.63) is 77.0 Å². The van der Waals surface area contributed by atoms with Gasteiger partial charge in [-0.1, -0.05) is 13.8 Å². The van der Waals surface area contributed by atoms with Gasteiger partial charge in [0.25, 0.3) is 5.56 Å². The number of pyridine rings is 1. The van der Waals surface area contributed by atoms with Crippen LogP contribution in [0.4, 0.5) is 16.0 Å². The van der Waals surface area contributed by atoms with E-state index in [1.54, 1.807) is 19.3 Å². The van der Waals surface area contributed by atoms with Gasteiger partial charge in [0.2, 0.25) is 5.95 Å². The van der Waals surface area contributed by atoms with Crippen LogP contribution in [-0.4, -0.2) is 45.7 Å². The number of halogens is 1. The molecule has 4 rings (SSSR count). The van der Waals surface area contributed by atoms with Crippen molar-refractivity contribution in [1.29, 1.82) is 0 Å². The molecule has 0 saturated carbocycles. The van der Waals surface area contributed by atoms with Gasteiger partial charge in [-0.25, -0.2) is 9.37 Å². The predicted molar refractivity (Wildman–Crippen MR) is 134 cm³/mol. The lowest BCUT2D eigenvalue weighted by molar-refractivity contribution is 0.223. The average molecular weight is 478 g/mol. The summed E-state index contributed by atoms with van der Waals surface area (Å²) < 4.78 is 26.0. The first-order chi connectivity index (χ1) is 17.0. The van der Waals surface area contributed by atoms with Crippen molar-refractivity contribution in [2.45, 2.75) is 13.8 Å². The van der Waals surface area contributed by atoms with Crippen LogP contribution in [0.15, 0.2) is 65.6 Å². The molecule has 0 bridgehead atoms. The fraction of sp³-hybridized carbons (Fsp3) is 0.269. The Kier molecular flexibility index (Phi) is 7.57. The van der Waals surface area contributed by atoms with Crippen molar-refractivity contribution in [3.8, 4) is 17.2 Å². The number of aryl methyl sites for hydroxylation is 1. The lowest BCUT2D eigenvalue weighted by Crippen LogP contribution is -2.27. The molecule has 2 aromatic carbocycles. The average Bonchev–Trinajstić information content (AvgIpc) is 2.88. The topological polar surface area (TPSA) is 81.5 Å². The second-order valence-electron chi connectivity index (χ2n) is 7.93. The third kappa shape index (κ3) is 5.93. The molecule has 2 aromatic heterocycles. The predicted octanol–water partition coefficient (Wildman–Crippen LogP) is 4.72. The second-order valence-corrected chi connectivity index (χ2v) is 7.93. The maximum atomic E-state index is 13.1. The van der Waals surface area contributed by atoms with Crippen molar-refractivity contribution in [2.24, 2.45) is 7.05 Å². The molecule has 0 radical (unpaired) electrons. The van der Waals surface area contributed by atoms with Crippen molar-refractivity contribution in [1.82, 2.24) is 19.4 Å². The number of anilines is 2. The van der Waals surface area contributed by atoms with Gasteiger partial charge in [0.15, 0.2) is 5.75 Å². The molecule has 1 N–H and O–H groups in total. The number of ether oxygens (including phenoxy) is 2. The quantitative estimate of drug-likeness (QED) is 0.354. The monoisotopic (exact) mass is 477 g/mol. The van der Waals surface area contributed by atoms with Gasteiger partial charge >= 0.3 is 0 Å². The van der Waals surface area contributed by atoms with Crippen LogP contribution < -0.4 is 20.3 Å². The van der Waals surface area contributed by atoms with Gasteiger partial charge in [-0.15, -0.1) is 0 Å². The van der Waals surface area contributed by atoms with Crippen LogP contribution in [0.2, 0.25) is 0 Å². The summed E-state index contributed by atoms with van der Waals surface area (Å²) in [6, 6.07) is 14.6. The first kappa shape index (κ1) is 24.2. The summed E-state index contributed by atoms with van der Waals surface area (Å²) in [4.78, 5) is 24.0. The van der Waals surface area contributed by atoms with Crippen molar-refractivity contribution >= 4 is 22.7 Å². The van der Waals surface area contributed by atoms with E-state index in [0.29, 0.717) is 29.3 Å². The van der Waals surface area contributed by atoms with Crippen LogP contribution in [-0.2, 0) is 7.05 Å². The van der Waals surface area contributed by atoms with Crippen LogP contribution >= 0.6 is 0 Å². The van der Waals surface area contributed by atoms with Gasteiger partial charge in [0.1, 0.15) is 29.6 Å². The van der Waals surface area contributed by atoms with Gasteiger partial charge in [0, 0.05) is 30.9 Å². The lowest BCUT2D eigenvalue weighted by atomic mass is 10.3. The van der Waals surface area contributed by atoms with Crippen LogP contribution in [0.3, 0.4) is 0 Å². The molecule has 0 amide bonds. The van der Waals surface area contributed by atoms with E-state index in [2.05, 4.69) is 34.0 Å². The molecule has 0 aliphatic rings. The zero-order valence-corrected chi connectivity index (χ0v) is 20.0. The Balaban J connectivity index is 1.46. The number of rotatable bonds is 10. The Bertz CT molecular complexity index is 1340. The summed E-state index contributed by atoms with van der Waals surface area (Å²) in [6.07, 6.45) is 1.62. The molecular weight excluding hydrogens is 449 g/mol. The molecule has 4 aromatic rings. The van der Waals surface area contributed by atoms with E-state index >= 15 is 0 Å². The van der Waals surface area contributed by atoms with E-state index < -0.39 is 0 Å². The van der Waals surface area contributed by atoms with Gasteiger partial charge in [-0.3, -0.25) is 9.36 Å². The molecule has 182 valence electrons. The third-order valence-corrected chi connectivity index (χ3v) is 5.64. The highest BCUT2D eigenvalue weighted by Crippen LogP contribution is 2.23. The molecule has 0 aliphatic carbocycles. The number of fused-ring (bicyclic) bond motifs is 1. The minimum atomic E-state index is -0.380. The molecule has 0 aliphatic heterocycles. The molecule has 2 heterocycles. The van der Waals surface area contributed by atoms with E-state index in [-0.39, 0.29) is 17.1 Å². The molecule has 0 spiro atoms. The van der Waals surface area contributed by atoms with Crippen LogP contribution in [0.5, 0.6) is 17.2 Å². The highest BCUT2D eigenvalue weighted by molar-refractivity contribution is 5.77. The highest BCUT2D eigenvalue weighted by Gasteiger charge is 2.12. The fourth-order valence-corrected chi connectivity index (χ4v) is 3.58. The molecule has 35 heavy (non-hydrogen) atoms. The van der Waals surface area contributed by atoms with Crippen molar-refractivity contribution in [2.75, 3.05) is 31.6 Å². The summed E-state index contributed by atoms with van der Waals surface area (Å²) in [7, 11) is 1.61. The number of hydrogen-bond acceptors (Lipinski definition) is 7. The Morgan fingerprint density at radius 1 is 1.03 bits per heavy atom. The number of nitrogens with zero attached hydrogens (tertiary/aromatic N) is 4. The number of benzene rings is 2. The molecule has 0 saturated heterocycles. The largest absolute Gasteiger partial charge is 0.492 e. The fourth-order valence-electron chi connectivity index (χ4n) is 3.58. The van der Waals surface area contributed by atoms with E-state index in [1.807, 2.05) is 24.3 Å². The maximum Gasteiger partial charge on any atom is 0.294 e. The molecular formula is C26H28FN5O3. The van der Waals surface area contributed by atoms with Gasteiger partial charge in [-0.05, 0) is 67.7 Å². The third-order valence-electron chi connectivity index (χ3n) is 5.64. The summed E-state index contributed by atoms with van der Waals surface area (Å²) in [6.45, 7) is 7.79. The standard InChI is InChI=1S/C26H28FN5O3/c1-4-32(5-2)14-15-34-21-12-8-20(9-13-21)29-26-28-17-18-16-23(25(33)31(3)24(18)30-26)35-22-10-6-19(27)7-11-22/h6-13,16-17H,4-5,14-15H2,1-3H3,(H,28,29,30). The Hall–Kier alpha value is -3.98. The number of aromatic nitrogens is 3. The van der Waals surface area contributed by atoms with E-state index in [4.69, 9.17) is 9.47 Å². The van der Waals surface area contributed by atoms with Crippen LogP contribution in [0.25, 0.3) is 11.0 Å². The molecule has 8 nitrogen and oxygen atoms in total. The Labute approximate surface area is 203 Å². The van der Waals surface area contributed by atoms with Gasteiger partial charge in [-0.2, -0.15) is 4.98 Å². The van der Waals surface area contributed by atoms with Crippen LogP contribution in [0.1, 0.15) is 13.8 Å². The molecule has 9 heteroatoms. The smallest absolute Gasteiger partial charge is 0.294 e. The SMILES string of the molecule is CCN(CC)CCOc1ccc(Nc2ncc3cc(Oc4ccc(F)cc4)c(=O)n(C)c3n2)cc1. The first-order valence-corrected chi connectivity index (χ1v) is 11.5. The van der Waals surface area contributed by atoms with Crippen molar-refractivity contribution < 1.29 is 13.9 Å². The summed E-state index contributed by atoms with van der Waals surface area (Å²) >= 11 is 0.